The van der Waals surface area contributed by atoms with Gasteiger partial charge in [-0.15, -0.1) is 11.3 Å². The fourth-order valence-corrected chi connectivity index (χ4v) is 5.21. The van der Waals surface area contributed by atoms with Crippen molar-refractivity contribution in [2.24, 2.45) is 0 Å². The average Bonchev–Trinajstić information content (AvgIpc) is 3.20. The largest absolute Gasteiger partial charge is 0.452 e. The molecule has 0 bridgehead atoms. The van der Waals surface area contributed by atoms with E-state index in [-0.39, 0.29) is 21.4 Å². The van der Waals surface area contributed by atoms with Gasteiger partial charge in [0.1, 0.15) is 4.21 Å². The maximum Gasteiger partial charge on any atom is 0.340 e. The van der Waals surface area contributed by atoms with Crippen LogP contribution in [0.25, 0.3) is 0 Å². The van der Waals surface area contributed by atoms with Gasteiger partial charge in [0.2, 0.25) is 0 Å². The second-order valence-electron chi connectivity index (χ2n) is 6.52. The first kappa shape index (κ1) is 22.8. The third-order valence-corrected chi connectivity index (χ3v) is 7.31. The Morgan fingerprint density at radius 1 is 1.03 bits per heavy atom. The summed E-state index contributed by atoms with van der Waals surface area (Å²) in [4.78, 5) is 26.3. The first-order valence-electron chi connectivity index (χ1n) is 9.08. The van der Waals surface area contributed by atoms with Crippen LogP contribution in [0, 0.1) is 0 Å². The second kappa shape index (κ2) is 9.95. The molecule has 0 saturated heterocycles. The van der Waals surface area contributed by atoms with Crippen LogP contribution in [0.5, 0.6) is 0 Å². The highest BCUT2D eigenvalue weighted by atomic mass is 35.5. The molecule has 0 atom stereocenters. The van der Waals surface area contributed by atoms with Crippen molar-refractivity contribution in [2.45, 2.75) is 10.8 Å². The predicted octanol–water partition coefficient (Wildman–Crippen LogP) is 4.02. The van der Waals surface area contributed by atoms with Crippen LogP contribution in [0.4, 0.5) is 5.69 Å². The van der Waals surface area contributed by atoms with E-state index in [0.29, 0.717) is 10.9 Å². The molecule has 3 rings (SSSR count). The van der Waals surface area contributed by atoms with Crippen molar-refractivity contribution < 1.29 is 22.7 Å². The van der Waals surface area contributed by atoms with Gasteiger partial charge in [0.15, 0.2) is 6.61 Å². The number of carbonyl (C=O) groups excluding carboxylic acids is 2. The summed E-state index contributed by atoms with van der Waals surface area (Å²) in [5, 5.41) is 0. The molecule has 1 aromatic heterocycles. The van der Waals surface area contributed by atoms with Gasteiger partial charge < -0.3 is 9.64 Å². The average molecular weight is 479 g/mol. The van der Waals surface area contributed by atoms with E-state index in [1.165, 1.54) is 29.2 Å². The van der Waals surface area contributed by atoms with Gasteiger partial charge in [0.25, 0.3) is 15.9 Å². The lowest BCUT2D eigenvalue weighted by Crippen LogP contribution is -2.31. The number of halogens is 1. The highest BCUT2D eigenvalue weighted by Crippen LogP contribution is 2.28. The van der Waals surface area contributed by atoms with Crippen molar-refractivity contribution in [3.63, 3.8) is 0 Å². The number of benzene rings is 2. The van der Waals surface area contributed by atoms with Crippen molar-refractivity contribution in [1.82, 2.24) is 4.90 Å². The minimum absolute atomic E-state index is 0.00718. The Morgan fingerprint density at radius 2 is 1.71 bits per heavy atom. The number of esters is 1. The zero-order valence-corrected chi connectivity index (χ0v) is 18.8. The highest BCUT2D eigenvalue weighted by molar-refractivity contribution is 7.94. The first-order valence-corrected chi connectivity index (χ1v) is 11.8. The molecule has 1 heterocycles. The molecule has 0 aliphatic rings. The van der Waals surface area contributed by atoms with Crippen molar-refractivity contribution in [3.8, 4) is 0 Å². The van der Waals surface area contributed by atoms with Gasteiger partial charge >= 0.3 is 5.97 Å². The number of sulfonamides is 1. The number of thiophene rings is 1. The normalized spacial score (nSPS) is 11.0. The van der Waals surface area contributed by atoms with Crippen molar-refractivity contribution in [3.05, 3.63) is 82.2 Å². The van der Waals surface area contributed by atoms with Crippen molar-refractivity contribution in [1.29, 1.82) is 0 Å². The zero-order chi connectivity index (χ0) is 22.4. The zero-order valence-electron chi connectivity index (χ0n) is 16.4. The molecular formula is C21H19ClN2O5S2. The Kier molecular flexibility index (Phi) is 7.32. The quantitative estimate of drug-likeness (QED) is 0.493. The van der Waals surface area contributed by atoms with Gasteiger partial charge in [0, 0.05) is 13.6 Å². The molecule has 0 saturated carbocycles. The van der Waals surface area contributed by atoms with Crippen LogP contribution in [0.15, 0.2) is 70.9 Å². The third-order valence-electron chi connectivity index (χ3n) is 4.22. The number of amides is 1. The molecule has 2 aromatic carbocycles. The van der Waals surface area contributed by atoms with Crippen LogP contribution in [0.3, 0.4) is 0 Å². The number of hydrogen-bond donors (Lipinski definition) is 1. The summed E-state index contributed by atoms with van der Waals surface area (Å²) in [6.07, 6.45) is 0. The third kappa shape index (κ3) is 6.06. The van der Waals surface area contributed by atoms with E-state index in [9.17, 15) is 18.0 Å². The van der Waals surface area contributed by atoms with Gasteiger partial charge in [-0.25, -0.2) is 13.2 Å². The Morgan fingerprint density at radius 3 is 2.39 bits per heavy atom. The number of para-hydroxylation sites is 1. The van der Waals surface area contributed by atoms with Gasteiger partial charge in [-0.2, -0.15) is 0 Å². The van der Waals surface area contributed by atoms with E-state index in [1.807, 2.05) is 30.3 Å². The van der Waals surface area contributed by atoms with Crippen LogP contribution in [0.1, 0.15) is 15.9 Å². The summed E-state index contributed by atoms with van der Waals surface area (Å²) in [5.74, 6) is -1.20. The maximum absolute atomic E-state index is 12.5. The lowest BCUT2D eigenvalue weighted by atomic mass is 10.2. The summed E-state index contributed by atoms with van der Waals surface area (Å²) in [6.45, 7) is -0.0965. The van der Waals surface area contributed by atoms with E-state index in [0.717, 1.165) is 16.9 Å². The smallest absolute Gasteiger partial charge is 0.340 e. The SMILES string of the molecule is CN(Cc1ccccc1)C(=O)COC(=O)c1ccccc1NS(=O)(=O)c1ccc(Cl)s1. The lowest BCUT2D eigenvalue weighted by Gasteiger charge is -2.17. The van der Waals surface area contributed by atoms with E-state index in [1.54, 1.807) is 19.2 Å². The van der Waals surface area contributed by atoms with E-state index in [4.69, 9.17) is 16.3 Å². The summed E-state index contributed by atoms with van der Waals surface area (Å²) in [5.41, 5.74) is 0.979. The number of ether oxygens (including phenoxy) is 1. The molecule has 0 unspecified atom stereocenters. The summed E-state index contributed by atoms with van der Waals surface area (Å²) < 4.78 is 32.9. The molecule has 7 nitrogen and oxygen atoms in total. The summed E-state index contributed by atoms with van der Waals surface area (Å²) in [7, 11) is -2.32. The van der Waals surface area contributed by atoms with Gasteiger partial charge in [-0.3, -0.25) is 9.52 Å². The number of likely N-dealkylation sites (N-methyl/N-ethyl adjacent to an activating group) is 1. The first-order chi connectivity index (χ1) is 14.8. The van der Waals surface area contributed by atoms with Gasteiger partial charge in [-0.05, 0) is 29.8 Å². The Balaban J connectivity index is 1.65. The lowest BCUT2D eigenvalue weighted by molar-refractivity contribution is -0.133. The number of anilines is 1. The number of hydrogen-bond acceptors (Lipinski definition) is 6. The Labute approximate surface area is 189 Å². The topological polar surface area (TPSA) is 92.8 Å². The minimum Gasteiger partial charge on any atom is -0.452 e. The molecule has 3 aromatic rings. The van der Waals surface area contributed by atoms with E-state index >= 15 is 0 Å². The summed E-state index contributed by atoms with van der Waals surface area (Å²) in [6, 6.07) is 18.2. The molecule has 0 radical (unpaired) electrons. The Bertz CT molecular complexity index is 1180. The second-order valence-corrected chi connectivity index (χ2v) is 10.1. The molecular weight excluding hydrogens is 460 g/mol. The monoisotopic (exact) mass is 478 g/mol. The predicted molar refractivity (Wildman–Crippen MR) is 120 cm³/mol. The molecule has 0 fully saturated rings. The van der Waals surface area contributed by atoms with Crippen LogP contribution >= 0.6 is 22.9 Å². The van der Waals surface area contributed by atoms with Crippen LogP contribution in [-0.4, -0.2) is 38.8 Å². The molecule has 0 aliphatic carbocycles. The van der Waals surface area contributed by atoms with Gasteiger partial charge in [-0.1, -0.05) is 54.1 Å². The van der Waals surface area contributed by atoms with Crippen molar-refractivity contribution >= 4 is 50.5 Å². The number of nitrogens with one attached hydrogen (secondary N) is 1. The molecule has 1 amide bonds. The molecule has 1 N–H and O–H groups in total. The van der Waals surface area contributed by atoms with Crippen molar-refractivity contribution in [2.75, 3.05) is 18.4 Å². The molecule has 162 valence electrons. The molecule has 0 aliphatic heterocycles. The number of nitrogens with zero attached hydrogens (tertiary/aromatic N) is 1. The number of carbonyl (C=O) groups is 2. The summed E-state index contributed by atoms with van der Waals surface area (Å²) >= 11 is 6.71. The number of rotatable bonds is 8. The van der Waals surface area contributed by atoms with Crippen LogP contribution in [-0.2, 0) is 26.1 Å². The van der Waals surface area contributed by atoms with Gasteiger partial charge in [0.05, 0.1) is 15.6 Å². The van der Waals surface area contributed by atoms with Crippen LogP contribution < -0.4 is 4.72 Å². The maximum atomic E-state index is 12.5. The van der Waals surface area contributed by atoms with Crippen LogP contribution in [0.2, 0.25) is 4.34 Å². The molecule has 0 spiro atoms. The van der Waals surface area contributed by atoms with E-state index in [2.05, 4.69) is 4.72 Å². The minimum atomic E-state index is -3.93. The molecule has 10 heteroatoms. The van der Waals surface area contributed by atoms with E-state index < -0.39 is 22.6 Å². The fourth-order valence-electron chi connectivity index (χ4n) is 2.65. The standard InChI is InChI=1S/C21H19ClN2O5S2/c1-24(13-15-7-3-2-4-8-15)19(25)14-29-21(26)16-9-5-6-10-17(16)23-31(27,28)20-12-11-18(22)30-20/h2-12,23H,13-14H2,1H3. The fraction of sp³-hybridized carbons (Fsp3) is 0.143. The highest BCUT2D eigenvalue weighted by Gasteiger charge is 2.22. The molecule has 31 heavy (non-hydrogen) atoms. The Hall–Kier alpha value is -2.88.